The van der Waals surface area contributed by atoms with E-state index in [0.29, 0.717) is 12.8 Å². The maximum absolute atomic E-state index is 11.4. The molecule has 2 N–H and O–H groups in total. The Balaban J connectivity index is 0.00000180. The molecule has 2 saturated heterocycles. The van der Waals surface area contributed by atoms with Gasteiger partial charge in [-0.2, -0.15) is 0 Å². The third kappa shape index (κ3) is 6.92. The van der Waals surface area contributed by atoms with E-state index in [-0.39, 0.29) is 103 Å². The first-order valence-corrected chi connectivity index (χ1v) is 6.11. The quantitative estimate of drug-likeness (QED) is 0.356. The SMILES string of the molecule is O=C(OC(=O)[C@@H]1CCCN1)OC(=O)[C@@H]1CCCN1.[KH].[KH]. The minimum atomic E-state index is -1.24. The van der Waals surface area contributed by atoms with Crippen molar-refractivity contribution < 1.29 is 23.9 Å². The second-order valence-electron chi connectivity index (χ2n) is 4.39. The fraction of sp³-hybridized carbons (Fsp3) is 0.727. The first-order valence-electron chi connectivity index (χ1n) is 6.11. The molecule has 104 valence electrons. The maximum atomic E-state index is 11.4. The van der Waals surface area contributed by atoms with Crippen molar-refractivity contribution >= 4 is 121 Å². The molecule has 2 heterocycles. The van der Waals surface area contributed by atoms with E-state index in [0.717, 1.165) is 25.9 Å². The molecule has 2 fully saturated rings. The first-order chi connectivity index (χ1) is 8.66. The molecule has 0 saturated carbocycles. The number of carbonyl (C=O) groups excluding carboxylic acids is 3. The van der Waals surface area contributed by atoms with Crippen molar-refractivity contribution in [2.75, 3.05) is 13.1 Å². The van der Waals surface area contributed by atoms with Gasteiger partial charge >= 0.3 is 121 Å². The van der Waals surface area contributed by atoms with Gasteiger partial charge in [0.25, 0.3) is 0 Å². The molecule has 2 atom stereocenters. The Morgan fingerprint density at radius 3 is 1.50 bits per heavy atom. The number of esters is 2. The summed E-state index contributed by atoms with van der Waals surface area (Å²) in [4.78, 5) is 34.1. The van der Waals surface area contributed by atoms with Crippen molar-refractivity contribution in [1.82, 2.24) is 10.6 Å². The van der Waals surface area contributed by atoms with Crippen LogP contribution < -0.4 is 10.6 Å². The van der Waals surface area contributed by atoms with E-state index in [9.17, 15) is 14.4 Å². The zero-order chi connectivity index (χ0) is 13.0. The molecule has 2 aliphatic heterocycles. The van der Waals surface area contributed by atoms with E-state index in [2.05, 4.69) is 20.1 Å². The van der Waals surface area contributed by atoms with E-state index >= 15 is 0 Å². The van der Waals surface area contributed by atoms with Crippen LogP contribution >= 0.6 is 0 Å². The molecule has 0 aromatic carbocycles. The molecule has 9 heteroatoms. The van der Waals surface area contributed by atoms with Crippen molar-refractivity contribution in [2.24, 2.45) is 0 Å². The molecule has 0 radical (unpaired) electrons. The first kappa shape index (κ1) is 21.8. The van der Waals surface area contributed by atoms with Gasteiger partial charge in [-0.05, 0) is 38.8 Å². The van der Waals surface area contributed by atoms with E-state index < -0.39 is 30.2 Å². The van der Waals surface area contributed by atoms with Gasteiger partial charge in [-0.3, -0.25) is 0 Å². The monoisotopic (exact) mass is 336 g/mol. The number of hydrogen-bond donors (Lipinski definition) is 2. The molecule has 2 rings (SSSR count). The fourth-order valence-electron chi connectivity index (χ4n) is 2.10. The summed E-state index contributed by atoms with van der Waals surface area (Å²) in [6.07, 6.45) is 1.74. The summed E-state index contributed by atoms with van der Waals surface area (Å²) in [5, 5.41) is 5.78. The van der Waals surface area contributed by atoms with Gasteiger partial charge in [0.15, 0.2) is 0 Å². The summed E-state index contributed by atoms with van der Waals surface area (Å²) in [6, 6.07) is -0.950. The van der Waals surface area contributed by atoms with Gasteiger partial charge < -0.3 is 20.1 Å². The molecule has 7 nitrogen and oxygen atoms in total. The van der Waals surface area contributed by atoms with Crippen LogP contribution in [0.3, 0.4) is 0 Å². The predicted octanol–water partition coefficient (Wildman–Crippen LogP) is -1.60. The number of nitrogens with one attached hydrogen (secondary N) is 2. The third-order valence-corrected chi connectivity index (χ3v) is 3.06. The van der Waals surface area contributed by atoms with Crippen LogP contribution in [0, 0.1) is 0 Å². The molecule has 0 spiro atoms. The van der Waals surface area contributed by atoms with Crippen LogP contribution in [-0.4, -0.2) is 146 Å². The Bertz CT molecular complexity index is 323. The Kier molecular flexibility index (Phi) is 12.4. The summed E-state index contributed by atoms with van der Waals surface area (Å²) in [6.45, 7) is 1.44. The minimum absolute atomic E-state index is 0. The molecule has 2 aliphatic rings. The standard InChI is InChI=1S/C11H16N2O5.2K.2H/c14-9(7-3-1-5-12-7)17-11(16)18-10(15)8-4-2-6-13-8;;;;/h7-8,12-13H,1-6H2;;;;/t7-,8-;;;;/m0..../s1. The fourth-order valence-corrected chi connectivity index (χ4v) is 2.10. The molecule has 0 unspecified atom stereocenters. The van der Waals surface area contributed by atoms with Gasteiger partial charge in [0.1, 0.15) is 12.1 Å². The van der Waals surface area contributed by atoms with Crippen LogP contribution in [0.1, 0.15) is 25.7 Å². The molecular formula is C11H18K2N2O5. The van der Waals surface area contributed by atoms with Gasteiger partial charge in [-0.1, -0.05) is 0 Å². The Labute approximate surface area is 202 Å². The Morgan fingerprint density at radius 2 is 1.20 bits per heavy atom. The van der Waals surface area contributed by atoms with Crippen molar-refractivity contribution in [2.45, 2.75) is 37.8 Å². The summed E-state index contributed by atoms with van der Waals surface area (Å²) in [5.41, 5.74) is 0. The molecule has 0 aromatic heterocycles. The van der Waals surface area contributed by atoms with Gasteiger partial charge in [0.2, 0.25) is 0 Å². The van der Waals surface area contributed by atoms with E-state index in [1.165, 1.54) is 0 Å². The van der Waals surface area contributed by atoms with Crippen LogP contribution in [0.15, 0.2) is 0 Å². The van der Waals surface area contributed by atoms with Crippen molar-refractivity contribution in [3.63, 3.8) is 0 Å². The van der Waals surface area contributed by atoms with E-state index in [1.54, 1.807) is 0 Å². The van der Waals surface area contributed by atoms with Gasteiger partial charge in [0, 0.05) is 0 Å². The Morgan fingerprint density at radius 1 is 0.800 bits per heavy atom. The van der Waals surface area contributed by atoms with Crippen LogP contribution in [0.5, 0.6) is 0 Å². The van der Waals surface area contributed by atoms with Crippen LogP contribution in [0.2, 0.25) is 0 Å². The van der Waals surface area contributed by atoms with Crippen LogP contribution in [-0.2, 0) is 19.1 Å². The number of carbonyl (C=O) groups is 3. The van der Waals surface area contributed by atoms with E-state index in [1.807, 2.05) is 0 Å². The zero-order valence-electron chi connectivity index (χ0n) is 9.94. The van der Waals surface area contributed by atoms with Crippen molar-refractivity contribution in [1.29, 1.82) is 0 Å². The molecule has 0 aliphatic carbocycles. The Hall–Kier alpha value is 1.80. The molecular weight excluding hydrogens is 318 g/mol. The van der Waals surface area contributed by atoms with Crippen molar-refractivity contribution in [3.8, 4) is 0 Å². The summed E-state index contributed by atoms with van der Waals surface area (Å²) < 4.78 is 8.91. The zero-order valence-corrected chi connectivity index (χ0v) is 9.94. The summed E-state index contributed by atoms with van der Waals surface area (Å²) in [7, 11) is 0. The number of rotatable bonds is 2. The number of hydrogen-bond acceptors (Lipinski definition) is 7. The van der Waals surface area contributed by atoms with Gasteiger partial charge in [-0.15, -0.1) is 0 Å². The average molecular weight is 336 g/mol. The molecule has 0 aromatic rings. The van der Waals surface area contributed by atoms with Gasteiger partial charge in [-0.25, -0.2) is 14.4 Å². The van der Waals surface area contributed by atoms with Crippen LogP contribution in [0.25, 0.3) is 0 Å². The molecule has 0 amide bonds. The second-order valence-corrected chi connectivity index (χ2v) is 4.39. The summed E-state index contributed by atoms with van der Waals surface area (Å²) in [5.74, 6) is -1.38. The van der Waals surface area contributed by atoms with Crippen LogP contribution in [0.4, 0.5) is 4.79 Å². The third-order valence-electron chi connectivity index (χ3n) is 3.06. The topological polar surface area (TPSA) is 93.7 Å². The number of ether oxygens (including phenoxy) is 2. The van der Waals surface area contributed by atoms with Gasteiger partial charge in [0.05, 0.1) is 0 Å². The normalized spacial score (nSPS) is 24.2. The molecule has 0 bridgehead atoms. The second kappa shape index (κ2) is 11.4. The van der Waals surface area contributed by atoms with Crippen molar-refractivity contribution in [3.05, 3.63) is 0 Å². The van der Waals surface area contributed by atoms with E-state index in [4.69, 9.17) is 0 Å². The predicted molar refractivity (Wildman–Crippen MR) is 73.9 cm³/mol. The molecule has 20 heavy (non-hydrogen) atoms. The summed E-state index contributed by atoms with van der Waals surface area (Å²) >= 11 is 0. The average Bonchev–Trinajstić information content (AvgIpc) is 3.02.